The summed E-state index contributed by atoms with van der Waals surface area (Å²) in [5.74, 6) is 1.09. The van der Waals surface area contributed by atoms with Crippen molar-refractivity contribution in [3.8, 4) is 0 Å². The highest BCUT2D eigenvalue weighted by molar-refractivity contribution is 5.92. The molecule has 22 heavy (non-hydrogen) atoms. The van der Waals surface area contributed by atoms with E-state index in [-0.39, 0.29) is 5.91 Å². The maximum Gasteiger partial charge on any atom is 0.272 e. The normalized spacial score (nSPS) is 10.5. The Balaban J connectivity index is 1.83. The molecule has 0 radical (unpaired) electrons. The minimum absolute atomic E-state index is 0.238. The zero-order chi connectivity index (χ0) is 15.8. The Morgan fingerprint density at radius 1 is 1.14 bits per heavy atom. The number of carbonyl (C=O) groups is 1. The molecule has 0 saturated heterocycles. The fourth-order valence-electron chi connectivity index (χ4n) is 1.81. The lowest BCUT2D eigenvalue weighted by atomic mass is 10.1. The van der Waals surface area contributed by atoms with Gasteiger partial charge in [0.05, 0.1) is 0 Å². The molecule has 0 atom stereocenters. The van der Waals surface area contributed by atoms with Crippen LogP contribution in [-0.2, 0) is 6.54 Å². The summed E-state index contributed by atoms with van der Waals surface area (Å²) >= 11 is 0. The molecule has 0 bridgehead atoms. The molecule has 0 spiro atoms. The third-order valence-corrected chi connectivity index (χ3v) is 3.13. The van der Waals surface area contributed by atoms with Gasteiger partial charge in [0.15, 0.2) is 5.69 Å². The van der Waals surface area contributed by atoms with Gasteiger partial charge in [-0.3, -0.25) is 9.78 Å². The molecule has 0 aliphatic carbocycles. The molecule has 0 aromatic carbocycles. The number of anilines is 1. The SMILES string of the molecule is CC(C)CCNc1ccc(C(=O)NCc2ccncc2)nn1. The van der Waals surface area contributed by atoms with E-state index in [1.54, 1.807) is 24.5 Å². The maximum absolute atomic E-state index is 12.0. The number of pyridine rings is 1. The fourth-order valence-corrected chi connectivity index (χ4v) is 1.81. The van der Waals surface area contributed by atoms with Gasteiger partial charge in [-0.05, 0) is 42.2 Å². The van der Waals surface area contributed by atoms with Crippen molar-refractivity contribution in [2.75, 3.05) is 11.9 Å². The van der Waals surface area contributed by atoms with Crippen molar-refractivity contribution in [1.29, 1.82) is 0 Å². The number of hydrogen-bond acceptors (Lipinski definition) is 5. The van der Waals surface area contributed by atoms with Crippen LogP contribution in [0.3, 0.4) is 0 Å². The topological polar surface area (TPSA) is 79.8 Å². The largest absolute Gasteiger partial charge is 0.369 e. The minimum Gasteiger partial charge on any atom is -0.369 e. The van der Waals surface area contributed by atoms with Crippen molar-refractivity contribution < 1.29 is 4.79 Å². The average Bonchev–Trinajstić information content (AvgIpc) is 2.54. The van der Waals surface area contributed by atoms with Crippen molar-refractivity contribution >= 4 is 11.7 Å². The van der Waals surface area contributed by atoms with Gasteiger partial charge in [-0.2, -0.15) is 0 Å². The Kier molecular flexibility index (Phi) is 5.82. The van der Waals surface area contributed by atoms with Crippen LogP contribution >= 0.6 is 0 Å². The summed E-state index contributed by atoms with van der Waals surface area (Å²) in [7, 11) is 0. The van der Waals surface area contributed by atoms with Gasteiger partial charge in [0, 0.05) is 25.5 Å². The summed E-state index contributed by atoms with van der Waals surface area (Å²) in [6.45, 7) is 5.63. The van der Waals surface area contributed by atoms with Crippen molar-refractivity contribution in [2.45, 2.75) is 26.8 Å². The number of nitrogens with zero attached hydrogens (tertiary/aromatic N) is 3. The highest BCUT2D eigenvalue weighted by Gasteiger charge is 2.07. The number of aromatic nitrogens is 3. The Morgan fingerprint density at radius 2 is 1.91 bits per heavy atom. The van der Waals surface area contributed by atoms with Crippen molar-refractivity contribution in [1.82, 2.24) is 20.5 Å². The molecule has 0 aliphatic heterocycles. The van der Waals surface area contributed by atoms with Crippen molar-refractivity contribution in [3.63, 3.8) is 0 Å². The van der Waals surface area contributed by atoms with E-state index >= 15 is 0 Å². The molecule has 6 heteroatoms. The third-order valence-electron chi connectivity index (χ3n) is 3.13. The molecule has 2 heterocycles. The van der Waals surface area contributed by atoms with E-state index in [2.05, 4.69) is 39.7 Å². The van der Waals surface area contributed by atoms with E-state index in [1.165, 1.54) is 0 Å². The average molecular weight is 299 g/mol. The molecule has 0 saturated carbocycles. The summed E-state index contributed by atoms with van der Waals surface area (Å²) in [6, 6.07) is 7.16. The number of carbonyl (C=O) groups excluding carboxylic acids is 1. The number of nitrogens with one attached hydrogen (secondary N) is 2. The maximum atomic E-state index is 12.0. The molecule has 6 nitrogen and oxygen atoms in total. The first kappa shape index (κ1) is 15.9. The van der Waals surface area contributed by atoms with Gasteiger partial charge < -0.3 is 10.6 Å². The van der Waals surface area contributed by atoms with Gasteiger partial charge in [-0.1, -0.05) is 13.8 Å². The first-order valence-corrected chi connectivity index (χ1v) is 7.40. The second kappa shape index (κ2) is 8.07. The summed E-state index contributed by atoms with van der Waals surface area (Å²) in [6.07, 6.45) is 4.45. The van der Waals surface area contributed by atoms with Crippen LogP contribution in [0.4, 0.5) is 5.82 Å². The zero-order valence-electron chi connectivity index (χ0n) is 12.9. The van der Waals surface area contributed by atoms with E-state index in [1.807, 2.05) is 12.1 Å². The lowest BCUT2D eigenvalue weighted by molar-refractivity contribution is 0.0945. The lowest BCUT2D eigenvalue weighted by Gasteiger charge is -2.08. The predicted molar refractivity (Wildman–Crippen MR) is 85.4 cm³/mol. The summed E-state index contributed by atoms with van der Waals surface area (Å²) < 4.78 is 0. The molecule has 2 aromatic rings. The van der Waals surface area contributed by atoms with Crippen LogP contribution in [0.25, 0.3) is 0 Å². The van der Waals surface area contributed by atoms with Crippen LogP contribution in [0.15, 0.2) is 36.7 Å². The molecule has 0 fully saturated rings. The Bertz CT molecular complexity index is 583. The predicted octanol–water partition coefficient (Wildman–Crippen LogP) is 2.26. The Labute approximate surface area is 130 Å². The van der Waals surface area contributed by atoms with Gasteiger partial charge >= 0.3 is 0 Å². The third kappa shape index (κ3) is 5.12. The van der Waals surface area contributed by atoms with Gasteiger partial charge in [0.1, 0.15) is 5.82 Å². The van der Waals surface area contributed by atoms with Crippen LogP contribution < -0.4 is 10.6 Å². The van der Waals surface area contributed by atoms with Crippen molar-refractivity contribution in [3.05, 3.63) is 47.9 Å². The smallest absolute Gasteiger partial charge is 0.272 e. The highest BCUT2D eigenvalue weighted by Crippen LogP contribution is 2.05. The van der Waals surface area contributed by atoms with E-state index in [4.69, 9.17) is 0 Å². The zero-order valence-corrected chi connectivity index (χ0v) is 12.9. The van der Waals surface area contributed by atoms with Crippen LogP contribution in [0.2, 0.25) is 0 Å². The van der Waals surface area contributed by atoms with Crippen LogP contribution in [0.1, 0.15) is 36.3 Å². The Hall–Kier alpha value is -2.50. The van der Waals surface area contributed by atoms with Crippen LogP contribution in [0.5, 0.6) is 0 Å². The van der Waals surface area contributed by atoms with E-state index in [0.717, 1.165) is 18.5 Å². The number of rotatable bonds is 7. The Morgan fingerprint density at radius 3 is 2.55 bits per heavy atom. The monoisotopic (exact) mass is 299 g/mol. The summed E-state index contributed by atoms with van der Waals surface area (Å²) in [5.41, 5.74) is 1.30. The molecule has 0 aliphatic rings. The second-order valence-corrected chi connectivity index (χ2v) is 5.45. The highest BCUT2D eigenvalue weighted by atomic mass is 16.1. The number of hydrogen-bond donors (Lipinski definition) is 2. The molecule has 2 N–H and O–H groups in total. The molecule has 1 amide bonds. The summed E-state index contributed by atoms with van der Waals surface area (Å²) in [5, 5.41) is 14.0. The molecule has 2 aromatic heterocycles. The molecular weight excluding hydrogens is 278 g/mol. The van der Waals surface area contributed by atoms with Crippen molar-refractivity contribution in [2.24, 2.45) is 5.92 Å². The first-order chi connectivity index (χ1) is 10.6. The fraction of sp³-hybridized carbons (Fsp3) is 0.375. The van der Waals surface area contributed by atoms with E-state index in [0.29, 0.717) is 24.0 Å². The minimum atomic E-state index is -0.238. The second-order valence-electron chi connectivity index (χ2n) is 5.45. The number of amides is 1. The van der Waals surface area contributed by atoms with Crippen LogP contribution in [0, 0.1) is 5.92 Å². The molecule has 0 unspecified atom stereocenters. The summed E-state index contributed by atoms with van der Waals surface area (Å²) in [4.78, 5) is 15.9. The molecule has 2 rings (SSSR count). The molecule has 116 valence electrons. The van der Waals surface area contributed by atoms with Gasteiger partial charge in [-0.15, -0.1) is 10.2 Å². The van der Waals surface area contributed by atoms with E-state index < -0.39 is 0 Å². The van der Waals surface area contributed by atoms with E-state index in [9.17, 15) is 4.79 Å². The first-order valence-electron chi connectivity index (χ1n) is 7.40. The van der Waals surface area contributed by atoms with Gasteiger partial charge in [0.2, 0.25) is 0 Å². The lowest BCUT2D eigenvalue weighted by Crippen LogP contribution is -2.24. The van der Waals surface area contributed by atoms with Gasteiger partial charge in [-0.25, -0.2) is 0 Å². The van der Waals surface area contributed by atoms with Crippen LogP contribution in [-0.4, -0.2) is 27.6 Å². The van der Waals surface area contributed by atoms with Gasteiger partial charge in [0.25, 0.3) is 5.91 Å². The standard InChI is InChI=1S/C16H21N5O/c1-12(2)5-10-18-15-4-3-14(20-21-15)16(22)19-11-13-6-8-17-9-7-13/h3-4,6-9,12H,5,10-11H2,1-2H3,(H,18,21)(H,19,22). The molecular formula is C16H21N5O. The quantitative estimate of drug-likeness (QED) is 0.819.